The molecule has 4 aromatic rings. The summed E-state index contributed by atoms with van der Waals surface area (Å²) in [6.45, 7) is 1.78. The largest absolute Gasteiger partial charge is 0.347 e. The Labute approximate surface area is 182 Å². The minimum absolute atomic E-state index is 0.0212. The van der Waals surface area contributed by atoms with Gasteiger partial charge in [-0.05, 0) is 30.2 Å². The van der Waals surface area contributed by atoms with E-state index in [2.05, 4.69) is 20.7 Å². The van der Waals surface area contributed by atoms with Gasteiger partial charge in [-0.25, -0.2) is 18.3 Å². The highest BCUT2D eigenvalue weighted by Gasteiger charge is 2.18. The number of hydrogen-bond donors (Lipinski definition) is 2. The number of amides is 2. The zero-order chi connectivity index (χ0) is 22.7. The topological polar surface area (TPSA) is 88.4 Å². The lowest BCUT2D eigenvalue weighted by Crippen LogP contribution is -2.28. The fraction of sp³-hybridized carbons (Fsp3) is 0.130. The van der Waals surface area contributed by atoms with Gasteiger partial charge >= 0.3 is 0 Å². The number of halogens is 2. The number of carbonyl (C=O) groups excluding carboxylic acids is 2. The molecule has 0 radical (unpaired) electrons. The maximum Gasteiger partial charge on any atom is 0.270 e. The van der Waals surface area contributed by atoms with E-state index in [1.165, 1.54) is 28.9 Å². The van der Waals surface area contributed by atoms with E-state index in [9.17, 15) is 18.4 Å². The fourth-order valence-corrected chi connectivity index (χ4v) is 3.19. The van der Waals surface area contributed by atoms with Crippen molar-refractivity contribution < 1.29 is 18.4 Å². The molecule has 0 aliphatic rings. The first-order valence-electron chi connectivity index (χ1n) is 9.82. The lowest BCUT2D eigenvalue weighted by molar-refractivity contribution is 0.0942. The lowest BCUT2D eigenvalue weighted by atomic mass is 10.1. The van der Waals surface area contributed by atoms with Gasteiger partial charge in [0.2, 0.25) is 0 Å². The van der Waals surface area contributed by atoms with E-state index < -0.39 is 17.6 Å². The summed E-state index contributed by atoms with van der Waals surface area (Å²) in [7, 11) is 0. The van der Waals surface area contributed by atoms with Crippen molar-refractivity contribution in [3.63, 3.8) is 0 Å². The van der Waals surface area contributed by atoms with Crippen LogP contribution >= 0.6 is 0 Å². The Morgan fingerprint density at radius 3 is 2.50 bits per heavy atom. The highest BCUT2D eigenvalue weighted by Crippen LogP contribution is 2.12. The molecule has 0 unspecified atom stereocenters. The van der Waals surface area contributed by atoms with Crippen LogP contribution in [0.5, 0.6) is 0 Å². The highest BCUT2D eigenvalue weighted by molar-refractivity contribution is 5.98. The number of rotatable bonds is 6. The van der Waals surface area contributed by atoms with Crippen LogP contribution in [0.1, 0.15) is 37.7 Å². The molecule has 9 heteroatoms. The molecule has 4 rings (SSSR count). The van der Waals surface area contributed by atoms with Crippen LogP contribution in [-0.2, 0) is 13.1 Å². The van der Waals surface area contributed by atoms with Crippen molar-refractivity contribution in [3.8, 4) is 0 Å². The number of nitrogens with one attached hydrogen (secondary N) is 2. The van der Waals surface area contributed by atoms with Crippen LogP contribution in [-0.4, -0.2) is 26.4 Å². The van der Waals surface area contributed by atoms with Crippen LogP contribution in [0.25, 0.3) is 5.65 Å². The number of hydrogen-bond acceptors (Lipinski definition) is 4. The van der Waals surface area contributed by atoms with Crippen molar-refractivity contribution in [1.82, 2.24) is 25.2 Å². The summed E-state index contributed by atoms with van der Waals surface area (Å²) in [6.07, 6.45) is 1.46. The highest BCUT2D eigenvalue weighted by atomic mass is 19.1. The maximum absolute atomic E-state index is 13.8. The summed E-state index contributed by atoms with van der Waals surface area (Å²) in [6, 6.07) is 13.6. The van der Waals surface area contributed by atoms with Gasteiger partial charge in [0.15, 0.2) is 5.65 Å². The average Bonchev–Trinajstić information content (AvgIpc) is 3.27. The molecule has 2 aromatic heterocycles. The van der Waals surface area contributed by atoms with Gasteiger partial charge in [0.1, 0.15) is 23.0 Å². The van der Waals surface area contributed by atoms with Crippen LogP contribution in [0.2, 0.25) is 0 Å². The summed E-state index contributed by atoms with van der Waals surface area (Å²) < 4.78 is 28.6. The summed E-state index contributed by atoms with van der Waals surface area (Å²) in [5.74, 6) is -1.78. The Balaban J connectivity index is 1.53. The van der Waals surface area contributed by atoms with Gasteiger partial charge in [0.05, 0.1) is 6.20 Å². The monoisotopic (exact) mass is 435 g/mol. The molecule has 32 heavy (non-hydrogen) atoms. The van der Waals surface area contributed by atoms with Gasteiger partial charge in [0.25, 0.3) is 11.8 Å². The van der Waals surface area contributed by atoms with Crippen LogP contribution < -0.4 is 10.6 Å². The van der Waals surface area contributed by atoms with Crippen molar-refractivity contribution in [2.45, 2.75) is 20.0 Å². The predicted molar refractivity (Wildman–Crippen MR) is 113 cm³/mol. The van der Waals surface area contributed by atoms with Crippen LogP contribution in [0.15, 0.2) is 60.8 Å². The van der Waals surface area contributed by atoms with E-state index in [4.69, 9.17) is 0 Å². The third-order valence-corrected chi connectivity index (χ3v) is 4.90. The third-order valence-electron chi connectivity index (χ3n) is 4.90. The minimum Gasteiger partial charge on any atom is -0.347 e. The van der Waals surface area contributed by atoms with E-state index in [1.807, 2.05) is 0 Å². The van der Waals surface area contributed by atoms with Gasteiger partial charge in [0, 0.05) is 30.8 Å². The summed E-state index contributed by atoms with van der Waals surface area (Å²) in [4.78, 5) is 29.7. The molecule has 0 atom stereocenters. The second kappa shape index (κ2) is 8.93. The van der Waals surface area contributed by atoms with Gasteiger partial charge in [-0.2, -0.15) is 5.10 Å². The molecule has 0 aliphatic heterocycles. The van der Waals surface area contributed by atoms with E-state index >= 15 is 0 Å². The first-order valence-corrected chi connectivity index (χ1v) is 9.82. The fourth-order valence-electron chi connectivity index (χ4n) is 3.19. The zero-order valence-electron chi connectivity index (χ0n) is 17.1. The Morgan fingerprint density at radius 2 is 1.72 bits per heavy atom. The molecule has 0 saturated carbocycles. The second-order valence-electron chi connectivity index (χ2n) is 7.17. The minimum atomic E-state index is -0.535. The van der Waals surface area contributed by atoms with Crippen LogP contribution in [0, 0.1) is 18.6 Å². The molecular weight excluding hydrogens is 416 g/mol. The number of aromatic nitrogens is 3. The Bertz CT molecular complexity index is 1320. The number of nitrogens with zero attached hydrogens (tertiary/aromatic N) is 3. The number of aryl methyl sites for hydroxylation is 1. The van der Waals surface area contributed by atoms with E-state index in [0.29, 0.717) is 16.8 Å². The molecule has 0 spiro atoms. The van der Waals surface area contributed by atoms with Gasteiger partial charge in [-0.15, -0.1) is 0 Å². The van der Waals surface area contributed by atoms with Gasteiger partial charge < -0.3 is 10.6 Å². The van der Waals surface area contributed by atoms with Crippen molar-refractivity contribution in [3.05, 3.63) is 101 Å². The van der Waals surface area contributed by atoms with Gasteiger partial charge in [-0.3, -0.25) is 9.59 Å². The molecule has 7 nitrogen and oxygen atoms in total. The molecule has 2 amide bonds. The SMILES string of the molecule is Cc1cc(CNC(=O)c2cc(C(=O)NCc3ccccc3F)n3nccc3n2)ccc1F. The summed E-state index contributed by atoms with van der Waals surface area (Å²) in [5, 5.41) is 9.43. The van der Waals surface area contributed by atoms with E-state index in [1.54, 1.807) is 43.3 Å². The Hall–Kier alpha value is -4.14. The standard InChI is InChI=1S/C23H19F2N5O2/c1-14-10-15(6-7-17(14)24)12-26-22(31)19-11-20(30-21(29-19)8-9-28-30)23(32)27-13-16-4-2-3-5-18(16)25/h2-11H,12-13H2,1H3,(H,26,31)(H,27,32). The molecule has 2 N–H and O–H groups in total. The molecule has 2 aromatic carbocycles. The lowest BCUT2D eigenvalue weighted by Gasteiger charge is -2.10. The quantitative estimate of drug-likeness (QED) is 0.487. The van der Waals surface area contributed by atoms with Crippen molar-refractivity contribution in [1.29, 1.82) is 0 Å². The smallest absolute Gasteiger partial charge is 0.270 e. The van der Waals surface area contributed by atoms with Crippen LogP contribution in [0.3, 0.4) is 0 Å². The normalized spacial score (nSPS) is 10.8. The van der Waals surface area contributed by atoms with Crippen molar-refractivity contribution >= 4 is 17.5 Å². The molecule has 0 fully saturated rings. The molecule has 0 aliphatic carbocycles. The van der Waals surface area contributed by atoms with Crippen molar-refractivity contribution in [2.24, 2.45) is 0 Å². The van der Waals surface area contributed by atoms with E-state index in [-0.39, 0.29) is 30.3 Å². The molecule has 162 valence electrons. The molecule has 0 bridgehead atoms. The average molecular weight is 435 g/mol. The number of fused-ring (bicyclic) bond motifs is 1. The number of benzene rings is 2. The molecule has 2 heterocycles. The first-order chi connectivity index (χ1) is 15.4. The second-order valence-corrected chi connectivity index (χ2v) is 7.17. The third kappa shape index (κ3) is 4.46. The number of carbonyl (C=O) groups is 2. The predicted octanol–water partition coefficient (Wildman–Crippen LogP) is 3.18. The maximum atomic E-state index is 13.8. The zero-order valence-corrected chi connectivity index (χ0v) is 17.1. The summed E-state index contributed by atoms with van der Waals surface area (Å²) in [5.41, 5.74) is 1.95. The van der Waals surface area contributed by atoms with Crippen LogP contribution in [0.4, 0.5) is 8.78 Å². The Morgan fingerprint density at radius 1 is 0.938 bits per heavy atom. The van der Waals surface area contributed by atoms with Crippen molar-refractivity contribution in [2.75, 3.05) is 0 Å². The van der Waals surface area contributed by atoms with Gasteiger partial charge in [-0.1, -0.05) is 30.3 Å². The Kier molecular flexibility index (Phi) is 5.89. The first kappa shape index (κ1) is 21.1. The molecular formula is C23H19F2N5O2. The molecule has 0 saturated heterocycles. The van der Waals surface area contributed by atoms with E-state index in [0.717, 1.165) is 5.56 Å². The summed E-state index contributed by atoms with van der Waals surface area (Å²) >= 11 is 0.